The van der Waals surface area contributed by atoms with Gasteiger partial charge in [0.2, 0.25) is 0 Å². The van der Waals surface area contributed by atoms with Crippen molar-refractivity contribution in [3.63, 3.8) is 0 Å². The van der Waals surface area contributed by atoms with Crippen LogP contribution in [0.2, 0.25) is 0 Å². The normalized spacial score (nSPS) is 10.4. The van der Waals surface area contributed by atoms with Gasteiger partial charge in [-0.15, -0.1) is 0 Å². The van der Waals surface area contributed by atoms with Crippen molar-refractivity contribution >= 4 is 11.6 Å². The Morgan fingerprint density at radius 2 is 1.95 bits per heavy atom. The summed E-state index contributed by atoms with van der Waals surface area (Å²) in [7, 11) is 1.88. The molecule has 0 saturated carbocycles. The van der Waals surface area contributed by atoms with E-state index in [1.165, 1.54) is 6.07 Å². The van der Waals surface area contributed by atoms with Gasteiger partial charge in [-0.05, 0) is 62.3 Å². The largest absolute Gasteiger partial charge is 0.322 e. The van der Waals surface area contributed by atoms with Crippen molar-refractivity contribution in [3.8, 4) is 0 Å². The minimum absolute atomic E-state index is 0.173. The molecule has 2 aromatic rings. The zero-order valence-corrected chi connectivity index (χ0v) is 12.2. The molecule has 0 fully saturated rings. The summed E-state index contributed by atoms with van der Waals surface area (Å²) in [4.78, 5) is 12.4. The van der Waals surface area contributed by atoms with Gasteiger partial charge in [0.1, 0.15) is 5.82 Å². The lowest BCUT2D eigenvalue weighted by Gasteiger charge is -2.10. The Morgan fingerprint density at radius 3 is 2.67 bits per heavy atom. The SMILES string of the molecule is CNCCc1ccccc1C(=O)Nc1ccc(F)c(C)c1. The first-order chi connectivity index (χ1) is 10.1. The van der Waals surface area contributed by atoms with Gasteiger partial charge in [0, 0.05) is 11.3 Å². The molecule has 0 radical (unpaired) electrons. The Kier molecular flexibility index (Phi) is 5.06. The van der Waals surface area contributed by atoms with Crippen LogP contribution in [-0.2, 0) is 6.42 Å². The summed E-state index contributed by atoms with van der Waals surface area (Å²) in [5.74, 6) is -0.449. The topological polar surface area (TPSA) is 41.1 Å². The minimum Gasteiger partial charge on any atom is -0.322 e. The van der Waals surface area contributed by atoms with E-state index in [9.17, 15) is 9.18 Å². The summed E-state index contributed by atoms with van der Waals surface area (Å²) in [5.41, 5.74) is 2.75. The number of nitrogens with one attached hydrogen (secondary N) is 2. The van der Waals surface area contributed by atoms with Gasteiger partial charge in [0.15, 0.2) is 0 Å². The van der Waals surface area contributed by atoms with E-state index in [2.05, 4.69) is 10.6 Å². The highest BCUT2D eigenvalue weighted by Crippen LogP contribution is 2.16. The lowest BCUT2D eigenvalue weighted by Crippen LogP contribution is -2.17. The third-order valence-electron chi connectivity index (χ3n) is 3.32. The molecule has 0 spiro atoms. The van der Waals surface area contributed by atoms with Crippen LogP contribution < -0.4 is 10.6 Å². The monoisotopic (exact) mass is 286 g/mol. The highest BCUT2D eigenvalue weighted by Gasteiger charge is 2.11. The second kappa shape index (κ2) is 6.99. The van der Waals surface area contributed by atoms with Crippen molar-refractivity contribution in [2.75, 3.05) is 18.9 Å². The number of likely N-dealkylation sites (N-methyl/N-ethyl adjacent to an activating group) is 1. The van der Waals surface area contributed by atoms with Crippen molar-refractivity contribution in [3.05, 3.63) is 65.0 Å². The average molecular weight is 286 g/mol. The Bertz CT molecular complexity index is 640. The Labute approximate surface area is 124 Å². The third-order valence-corrected chi connectivity index (χ3v) is 3.32. The fourth-order valence-electron chi connectivity index (χ4n) is 2.14. The van der Waals surface area contributed by atoms with Gasteiger partial charge in [-0.1, -0.05) is 18.2 Å². The Morgan fingerprint density at radius 1 is 1.19 bits per heavy atom. The summed E-state index contributed by atoms with van der Waals surface area (Å²) >= 11 is 0. The molecular formula is C17H19FN2O. The molecule has 21 heavy (non-hydrogen) atoms. The lowest BCUT2D eigenvalue weighted by molar-refractivity contribution is 0.102. The molecule has 2 aromatic carbocycles. The van der Waals surface area contributed by atoms with Crippen LogP contribution in [0.3, 0.4) is 0 Å². The van der Waals surface area contributed by atoms with Gasteiger partial charge in [-0.25, -0.2) is 4.39 Å². The van der Waals surface area contributed by atoms with Gasteiger partial charge >= 0.3 is 0 Å². The van der Waals surface area contributed by atoms with E-state index >= 15 is 0 Å². The van der Waals surface area contributed by atoms with Crippen molar-refractivity contribution in [1.29, 1.82) is 0 Å². The predicted molar refractivity (Wildman–Crippen MR) is 83.2 cm³/mol. The maximum absolute atomic E-state index is 13.2. The zero-order valence-electron chi connectivity index (χ0n) is 12.2. The standard InChI is InChI=1S/C17H19FN2O/c1-12-11-14(7-8-16(12)18)20-17(21)15-6-4-3-5-13(15)9-10-19-2/h3-8,11,19H,9-10H2,1-2H3,(H,20,21). The van der Waals surface area contributed by atoms with E-state index in [4.69, 9.17) is 0 Å². The molecule has 0 unspecified atom stereocenters. The highest BCUT2D eigenvalue weighted by molar-refractivity contribution is 6.05. The number of aryl methyl sites for hydroxylation is 1. The quantitative estimate of drug-likeness (QED) is 0.886. The maximum atomic E-state index is 13.2. The molecule has 1 amide bonds. The molecule has 3 nitrogen and oxygen atoms in total. The van der Waals surface area contributed by atoms with Gasteiger partial charge in [0.05, 0.1) is 0 Å². The predicted octanol–water partition coefficient (Wildman–Crippen LogP) is 3.15. The molecule has 0 saturated heterocycles. The van der Waals surface area contributed by atoms with E-state index in [0.717, 1.165) is 18.5 Å². The number of rotatable bonds is 5. The van der Waals surface area contributed by atoms with Crippen molar-refractivity contribution in [2.45, 2.75) is 13.3 Å². The molecule has 0 aromatic heterocycles. The van der Waals surface area contributed by atoms with E-state index in [-0.39, 0.29) is 11.7 Å². The summed E-state index contributed by atoms with van der Waals surface area (Å²) in [5, 5.41) is 5.89. The number of benzene rings is 2. The molecule has 0 aliphatic rings. The van der Waals surface area contributed by atoms with Gasteiger partial charge in [-0.2, -0.15) is 0 Å². The number of halogens is 1. The molecule has 2 N–H and O–H groups in total. The first-order valence-corrected chi connectivity index (χ1v) is 6.92. The number of amides is 1. The highest BCUT2D eigenvalue weighted by atomic mass is 19.1. The van der Waals surface area contributed by atoms with E-state index < -0.39 is 0 Å². The summed E-state index contributed by atoms with van der Waals surface area (Å²) in [6.07, 6.45) is 0.780. The molecule has 0 atom stereocenters. The zero-order chi connectivity index (χ0) is 15.2. The van der Waals surface area contributed by atoms with Crippen LogP contribution >= 0.6 is 0 Å². The van der Waals surface area contributed by atoms with E-state index in [0.29, 0.717) is 16.8 Å². The summed E-state index contributed by atoms with van der Waals surface area (Å²) in [6, 6.07) is 12.1. The molecular weight excluding hydrogens is 267 g/mol. The van der Waals surface area contributed by atoms with Crippen LogP contribution in [0.15, 0.2) is 42.5 Å². The molecule has 0 heterocycles. The number of carbonyl (C=O) groups excluding carboxylic acids is 1. The second-order valence-corrected chi connectivity index (χ2v) is 4.93. The maximum Gasteiger partial charge on any atom is 0.255 e. The van der Waals surface area contributed by atoms with Crippen LogP contribution in [-0.4, -0.2) is 19.5 Å². The Hall–Kier alpha value is -2.20. The molecule has 2 rings (SSSR count). The molecule has 4 heteroatoms. The molecule has 110 valence electrons. The number of hydrogen-bond donors (Lipinski definition) is 2. The Balaban J connectivity index is 2.18. The van der Waals surface area contributed by atoms with E-state index in [1.54, 1.807) is 25.1 Å². The van der Waals surface area contributed by atoms with Gasteiger partial charge in [-0.3, -0.25) is 4.79 Å². The van der Waals surface area contributed by atoms with Crippen LogP contribution in [0.25, 0.3) is 0 Å². The molecule has 0 aliphatic heterocycles. The first kappa shape index (κ1) is 15.2. The molecule has 0 bridgehead atoms. The van der Waals surface area contributed by atoms with Crippen LogP contribution in [0.4, 0.5) is 10.1 Å². The van der Waals surface area contributed by atoms with Gasteiger partial charge < -0.3 is 10.6 Å². The molecule has 0 aliphatic carbocycles. The first-order valence-electron chi connectivity index (χ1n) is 6.92. The van der Waals surface area contributed by atoms with Crippen molar-refractivity contribution < 1.29 is 9.18 Å². The summed E-state index contributed by atoms with van der Waals surface area (Å²) in [6.45, 7) is 2.48. The fraction of sp³-hybridized carbons (Fsp3) is 0.235. The van der Waals surface area contributed by atoms with Crippen LogP contribution in [0.1, 0.15) is 21.5 Å². The van der Waals surface area contributed by atoms with E-state index in [1.807, 2.05) is 25.2 Å². The number of carbonyl (C=O) groups is 1. The fourth-order valence-corrected chi connectivity index (χ4v) is 2.14. The van der Waals surface area contributed by atoms with Crippen molar-refractivity contribution in [1.82, 2.24) is 5.32 Å². The van der Waals surface area contributed by atoms with Gasteiger partial charge in [0.25, 0.3) is 5.91 Å². The smallest absolute Gasteiger partial charge is 0.255 e. The summed E-state index contributed by atoms with van der Waals surface area (Å²) < 4.78 is 13.2. The third kappa shape index (κ3) is 3.89. The van der Waals surface area contributed by atoms with Crippen LogP contribution in [0, 0.1) is 12.7 Å². The number of hydrogen-bond acceptors (Lipinski definition) is 2. The minimum atomic E-state index is -0.276. The van der Waals surface area contributed by atoms with Crippen LogP contribution in [0.5, 0.6) is 0 Å². The second-order valence-electron chi connectivity index (χ2n) is 4.93. The lowest BCUT2D eigenvalue weighted by atomic mass is 10.0. The number of anilines is 1. The average Bonchev–Trinajstić information content (AvgIpc) is 2.49. The van der Waals surface area contributed by atoms with Crippen molar-refractivity contribution in [2.24, 2.45) is 0 Å².